The lowest BCUT2D eigenvalue weighted by Gasteiger charge is -2.37. The highest BCUT2D eigenvalue weighted by Gasteiger charge is 2.48. The van der Waals surface area contributed by atoms with Gasteiger partial charge in [0.05, 0.1) is 23.3 Å². The molecule has 0 spiro atoms. The van der Waals surface area contributed by atoms with Crippen LogP contribution in [0.2, 0.25) is 0 Å². The quantitative estimate of drug-likeness (QED) is 0.403. The Kier molecular flexibility index (Phi) is 7.29. The van der Waals surface area contributed by atoms with Gasteiger partial charge in [0.25, 0.3) is 0 Å². The van der Waals surface area contributed by atoms with Crippen LogP contribution in [-0.4, -0.2) is 49.2 Å². The van der Waals surface area contributed by atoms with Crippen molar-refractivity contribution in [2.45, 2.75) is 24.7 Å². The average molecular weight is 464 g/mol. The molecule has 3 aromatic carbocycles. The van der Waals surface area contributed by atoms with E-state index >= 15 is 0 Å². The molecular weight excluding hydrogens is 443 g/mol. The number of esters is 3. The highest BCUT2D eigenvalue weighted by atomic mass is 19.1. The van der Waals surface area contributed by atoms with Gasteiger partial charge in [-0.2, -0.15) is 0 Å². The van der Waals surface area contributed by atoms with E-state index in [-0.39, 0.29) is 16.7 Å². The van der Waals surface area contributed by atoms with E-state index in [1.807, 2.05) is 0 Å². The Hall–Kier alpha value is -4.04. The highest BCUT2D eigenvalue weighted by molar-refractivity contribution is 5.91. The molecule has 0 saturated carbocycles. The number of ether oxygens (including phenoxy) is 4. The van der Waals surface area contributed by atoms with E-state index in [9.17, 15) is 18.8 Å². The van der Waals surface area contributed by atoms with E-state index in [0.29, 0.717) is 0 Å². The van der Waals surface area contributed by atoms with Gasteiger partial charge in [0.2, 0.25) is 6.36 Å². The monoisotopic (exact) mass is 464 g/mol. The number of carbonyl (C=O) groups excluding carboxylic acids is 3. The van der Waals surface area contributed by atoms with Crippen LogP contribution in [-0.2, 0) is 18.9 Å². The van der Waals surface area contributed by atoms with Crippen molar-refractivity contribution in [3.05, 3.63) is 108 Å². The Balaban J connectivity index is 1.59. The topological polar surface area (TPSA) is 88.1 Å². The molecule has 1 aliphatic rings. The number of alkyl halides is 1. The minimum absolute atomic E-state index is 0.172. The Morgan fingerprint density at radius 3 is 1.44 bits per heavy atom. The van der Waals surface area contributed by atoms with Gasteiger partial charge < -0.3 is 18.9 Å². The molecule has 3 aromatic rings. The van der Waals surface area contributed by atoms with Gasteiger partial charge in [0, 0.05) is 0 Å². The molecule has 174 valence electrons. The second-order valence-electron chi connectivity index (χ2n) is 7.47. The first-order valence-electron chi connectivity index (χ1n) is 10.6. The summed E-state index contributed by atoms with van der Waals surface area (Å²) in [6.07, 6.45) is -6.44. The minimum atomic E-state index is -2.10. The van der Waals surface area contributed by atoms with Crippen molar-refractivity contribution in [3.8, 4) is 0 Å². The van der Waals surface area contributed by atoms with Crippen LogP contribution in [0.4, 0.5) is 4.39 Å². The molecule has 4 rings (SSSR count). The molecule has 34 heavy (non-hydrogen) atoms. The van der Waals surface area contributed by atoms with Gasteiger partial charge in [-0.3, -0.25) is 0 Å². The molecule has 0 bridgehead atoms. The maximum Gasteiger partial charge on any atom is 0.338 e. The summed E-state index contributed by atoms with van der Waals surface area (Å²) < 4.78 is 36.3. The first-order valence-corrected chi connectivity index (χ1v) is 10.6. The first-order chi connectivity index (χ1) is 16.5. The summed E-state index contributed by atoms with van der Waals surface area (Å²) in [5.74, 6) is -2.35. The predicted octanol–water partition coefficient (Wildman–Crippen LogP) is 3.99. The van der Waals surface area contributed by atoms with Gasteiger partial charge >= 0.3 is 17.9 Å². The largest absolute Gasteiger partial charge is 0.452 e. The minimum Gasteiger partial charge on any atom is -0.452 e. The fourth-order valence-electron chi connectivity index (χ4n) is 3.41. The molecule has 0 unspecified atom stereocenters. The maximum atomic E-state index is 14.8. The summed E-state index contributed by atoms with van der Waals surface area (Å²) in [5, 5.41) is 0. The first kappa shape index (κ1) is 23.1. The van der Waals surface area contributed by atoms with Crippen LogP contribution < -0.4 is 0 Å². The van der Waals surface area contributed by atoms with E-state index in [0.717, 1.165) is 0 Å². The normalized spacial score (nSPS) is 21.8. The molecule has 0 aliphatic carbocycles. The summed E-state index contributed by atoms with van der Waals surface area (Å²) in [6, 6.07) is 24.1. The summed E-state index contributed by atoms with van der Waals surface area (Å²) in [4.78, 5) is 38.0. The molecule has 8 heteroatoms. The van der Waals surface area contributed by atoms with Crippen molar-refractivity contribution in [3.63, 3.8) is 0 Å². The van der Waals surface area contributed by atoms with Crippen LogP contribution in [0.15, 0.2) is 91.0 Å². The Labute approximate surface area is 195 Å². The van der Waals surface area contributed by atoms with Crippen molar-refractivity contribution < 1.29 is 37.7 Å². The number of carbonyl (C=O) groups is 3. The fourth-order valence-corrected chi connectivity index (χ4v) is 3.41. The number of hydrogen-bond donors (Lipinski definition) is 0. The Morgan fingerprint density at radius 1 is 0.618 bits per heavy atom. The third-order valence-electron chi connectivity index (χ3n) is 5.14. The third kappa shape index (κ3) is 5.47. The molecule has 4 atom stereocenters. The maximum absolute atomic E-state index is 14.8. The van der Waals surface area contributed by atoms with Gasteiger partial charge in [-0.25, -0.2) is 18.8 Å². The van der Waals surface area contributed by atoms with Crippen LogP contribution >= 0.6 is 0 Å². The number of hydrogen-bond acceptors (Lipinski definition) is 7. The summed E-state index contributed by atoms with van der Waals surface area (Å²) >= 11 is 0. The van der Waals surface area contributed by atoms with Crippen LogP contribution in [0.1, 0.15) is 31.1 Å². The van der Waals surface area contributed by atoms with Crippen molar-refractivity contribution in [2.24, 2.45) is 0 Å². The molecule has 0 N–H and O–H groups in total. The summed E-state index contributed by atoms with van der Waals surface area (Å²) in [7, 11) is 0. The molecule has 0 amide bonds. The molecule has 1 fully saturated rings. The van der Waals surface area contributed by atoms with Crippen LogP contribution in [0.3, 0.4) is 0 Å². The molecule has 7 nitrogen and oxygen atoms in total. The van der Waals surface area contributed by atoms with Gasteiger partial charge in [0.1, 0.15) is 0 Å². The van der Waals surface area contributed by atoms with E-state index in [1.54, 1.807) is 66.7 Å². The van der Waals surface area contributed by atoms with Crippen molar-refractivity contribution in [1.82, 2.24) is 0 Å². The van der Waals surface area contributed by atoms with E-state index < -0.39 is 49.2 Å². The van der Waals surface area contributed by atoms with E-state index in [1.165, 1.54) is 24.3 Å². The molecule has 1 aliphatic heterocycles. The average Bonchev–Trinajstić information content (AvgIpc) is 2.89. The van der Waals surface area contributed by atoms with Gasteiger partial charge in [-0.1, -0.05) is 54.6 Å². The zero-order chi connectivity index (χ0) is 23.9. The van der Waals surface area contributed by atoms with E-state index in [4.69, 9.17) is 18.9 Å². The highest BCUT2D eigenvalue weighted by Crippen LogP contribution is 2.27. The van der Waals surface area contributed by atoms with Crippen LogP contribution in [0, 0.1) is 0 Å². The van der Waals surface area contributed by atoms with Crippen molar-refractivity contribution >= 4 is 17.9 Å². The standard InChI is InChI=1S/C26H21FO7/c27-23-22(34-26(30)19-14-8-3-9-15-19)21(33-25(29)18-12-6-2-7-13-18)20(16-31-23)32-24(28)17-10-4-1-5-11-17/h1-15,20-23H,16H2/t20-,21-,22+,23-/m0/s1. The molecule has 1 heterocycles. The lowest BCUT2D eigenvalue weighted by molar-refractivity contribution is -0.225. The zero-order valence-corrected chi connectivity index (χ0v) is 17.9. The smallest absolute Gasteiger partial charge is 0.338 e. The second kappa shape index (κ2) is 10.7. The lowest BCUT2D eigenvalue weighted by atomic mass is 10.0. The number of benzene rings is 3. The van der Waals surface area contributed by atoms with Gasteiger partial charge in [0.15, 0.2) is 18.3 Å². The molecule has 0 radical (unpaired) electrons. The Bertz CT molecular complexity index is 1120. The van der Waals surface area contributed by atoms with Crippen LogP contribution in [0.5, 0.6) is 0 Å². The molecule has 0 aromatic heterocycles. The van der Waals surface area contributed by atoms with Crippen molar-refractivity contribution in [1.29, 1.82) is 0 Å². The van der Waals surface area contributed by atoms with Crippen molar-refractivity contribution in [2.75, 3.05) is 6.61 Å². The van der Waals surface area contributed by atoms with Gasteiger partial charge in [-0.05, 0) is 36.4 Å². The Morgan fingerprint density at radius 2 is 1.00 bits per heavy atom. The molecule has 1 saturated heterocycles. The fraction of sp³-hybridized carbons (Fsp3) is 0.192. The molecular formula is C26H21FO7. The lowest BCUT2D eigenvalue weighted by Crippen LogP contribution is -2.56. The number of rotatable bonds is 6. The number of halogens is 1. The SMILES string of the molecule is O=C(O[C@@H]1[C@@H](OC(=O)c2ccccc2)[C@@H](F)OC[C@@H]1OC(=O)c1ccccc1)c1ccccc1. The van der Waals surface area contributed by atoms with E-state index in [2.05, 4.69) is 0 Å². The van der Waals surface area contributed by atoms with Crippen LogP contribution in [0.25, 0.3) is 0 Å². The predicted molar refractivity (Wildman–Crippen MR) is 118 cm³/mol. The second-order valence-corrected chi connectivity index (χ2v) is 7.47. The van der Waals surface area contributed by atoms with Gasteiger partial charge in [-0.15, -0.1) is 0 Å². The summed E-state index contributed by atoms with van der Waals surface area (Å²) in [5.41, 5.74) is 0.618. The third-order valence-corrected chi connectivity index (χ3v) is 5.14. The zero-order valence-electron chi connectivity index (χ0n) is 17.9. The summed E-state index contributed by atoms with van der Waals surface area (Å²) in [6.45, 7) is -0.397.